The number of anilines is 1. The molecule has 6 heteroatoms. The number of aromatic nitrogens is 3. The highest BCUT2D eigenvalue weighted by molar-refractivity contribution is 5.33. The average Bonchev–Trinajstić information content (AvgIpc) is 3.15. The fourth-order valence-electron chi connectivity index (χ4n) is 3.87. The maximum Gasteiger partial charge on any atom is 0.244 e. The Morgan fingerprint density at radius 1 is 1.30 bits per heavy atom. The zero-order valence-electron chi connectivity index (χ0n) is 12.0. The van der Waals surface area contributed by atoms with Gasteiger partial charge in [-0.2, -0.15) is 4.98 Å². The van der Waals surface area contributed by atoms with Crippen LogP contribution in [0.1, 0.15) is 37.9 Å². The molecular formula is C14H23N5O. The van der Waals surface area contributed by atoms with Crippen molar-refractivity contribution in [2.24, 2.45) is 5.92 Å². The molecule has 4 heterocycles. The van der Waals surface area contributed by atoms with Crippen molar-refractivity contribution in [3.63, 3.8) is 0 Å². The molecule has 0 aliphatic carbocycles. The third-order valence-corrected chi connectivity index (χ3v) is 5.10. The van der Waals surface area contributed by atoms with Crippen LogP contribution in [0.5, 0.6) is 0 Å². The molecule has 0 aromatic carbocycles. The summed E-state index contributed by atoms with van der Waals surface area (Å²) in [6, 6.07) is 0.624. The Labute approximate surface area is 119 Å². The Bertz CT molecular complexity index is 462. The molecule has 1 aromatic rings. The number of aromatic amines is 1. The molecule has 0 amide bonds. The lowest BCUT2D eigenvalue weighted by Crippen LogP contribution is -2.40. The number of rotatable bonds is 2. The van der Waals surface area contributed by atoms with Crippen molar-refractivity contribution in [3.05, 3.63) is 5.82 Å². The number of nitrogens with one attached hydrogen (secondary N) is 2. The van der Waals surface area contributed by atoms with E-state index in [4.69, 9.17) is 9.72 Å². The highest BCUT2D eigenvalue weighted by atomic mass is 16.5. The highest BCUT2D eigenvalue weighted by Gasteiger charge is 2.36. The topological polar surface area (TPSA) is 66.1 Å². The molecule has 4 unspecified atom stereocenters. The number of H-pyrrole nitrogens is 1. The zero-order valence-corrected chi connectivity index (χ0v) is 12.0. The number of hydrogen-bond donors (Lipinski definition) is 2. The standard InChI is InChI=1S/C14H23N5O/c1-9-11(4-6-20-9)13-16-14(18-17-13)19-7-10-3-2-5-15-12(10)8-19/h9-12,15H,2-8H2,1H3,(H,16,17,18). The average molecular weight is 277 g/mol. The molecule has 0 spiro atoms. The van der Waals surface area contributed by atoms with Crippen molar-refractivity contribution in [1.29, 1.82) is 0 Å². The Balaban J connectivity index is 1.48. The molecule has 4 rings (SSSR count). The molecule has 3 aliphatic rings. The van der Waals surface area contributed by atoms with Crippen LogP contribution in [0.4, 0.5) is 5.95 Å². The molecule has 20 heavy (non-hydrogen) atoms. The minimum Gasteiger partial charge on any atom is -0.378 e. The van der Waals surface area contributed by atoms with Crippen LogP contribution in [0.25, 0.3) is 0 Å². The molecule has 4 atom stereocenters. The van der Waals surface area contributed by atoms with E-state index in [0.717, 1.165) is 50.4 Å². The molecule has 6 nitrogen and oxygen atoms in total. The van der Waals surface area contributed by atoms with E-state index in [9.17, 15) is 0 Å². The first-order valence-corrected chi connectivity index (χ1v) is 7.83. The van der Waals surface area contributed by atoms with Crippen molar-refractivity contribution in [2.45, 2.75) is 44.2 Å². The first-order chi connectivity index (χ1) is 9.81. The Kier molecular flexibility index (Phi) is 3.15. The van der Waals surface area contributed by atoms with Gasteiger partial charge in [-0.3, -0.25) is 5.10 Å². The van der Waals surface area contributed by atoms with E-state index in [1.807, 2.05) is 0 Å². The van der Waals surface area contributed by atoms with Gasteiger partial charge in [-0.15, -0.1) is 5.10 Å². The van der Waals surface area contributed by atoms with Crippen LogP contribution in [0, 0.1) is 5.92 Å². The first-order valence-electron chi connectivity index (χ1n) is 7.83. The molecule has 3 saturated heterocycles. The predicted molar refractivity (Wildman–Crippen MR) is 75.9 cm³/mol. The van der Waals surface area contributed by atoms with Crippen LogP contribution in [0.3, 0.4) is 0 Å². The fourth-order valence-corrected chi connectivity index (χ4v) is 3.87. The second-order valence-electron chi connectivity index (χ2n) is 6.36. The van der Waals surface area contributed by atoms with Crippen molar-refractivity contribution >= 4 is 5.95 Å². The summed E-state index contributed by atoms with van der Waals surface area (Å²) in [7, 11) is 0. The van der Waals surface area contributed by atoms with E-state index >= 15 is 0 Å². The van der Waals surface area contributed by atoms with Crippen molar-refractivity contribution in [1.82, 2.24) is 20.5 Å². The lowest BCUT2D eigenvalue weighted by Gasteiger charge is -2.24. The molecule has 2 N–H and O–H groups in total. The quantitative estimate of drug-likeness (QED) is 0.840. The van der Waals surface area contributed by atoms with Crippen LogP contribution in [0.2, 0.25) is 0 Å². The van der Waals surface area contributed by atoms with Crippen LogP contribution in [-0.2, 0) is 4.74 Å². The number of nitrogens with zero attached hydrogens (tertiary/aromatic N) is 3. The van der Waals surface area contributed by atoms with E-state index in [1.165, 1.54) is 12.8 Å². The monoisotopic (exact) mass is 277 g/mol. The summed E-state index contributed by atoms with van der Waals surface area (Å²) in [5, 5.41) is 11.2. The van der Waals surface area contributed by atoms with Crippen LogP contribution in [0.15, 0.2) is 0 Å². The number of hydrogen-bond acceptors (Lipinski definition) is 5. The molecule has 3 aliphatic heterocycles. The van der Waals surface area contributed by atoms with Gasteiger partial charge in [0.05, 0.1) is 6.10 Å². The lowest BCUT2D eigenvalue weighted by molar-refractivity contribution is 0.117. The Hall–Kier alpha value is -1.14. The molecule has 3 fully saturated rings. The van der Waals surface area contributed by atoms with Gasteiger partial charge in [0.15, 0.2) is 0 Å². The predicted octanol–water partition coefficient (Wildman–Crippen LogP) is 0.885. The molecule has 1 aromatic heterocycles. The summed E-state index contributed by atoms with van der Waals surface area (Å²) in [6.45, 7) is 6.24. The van der Waals surface area contributed by atoms with Gasteiger partial charge in [0.1, 0.15) is 5.82 Å². The summed E-state index contributed by atoms with van der Waals surface area (Å²) in [5.74, 6) is 3.00. The Morgan fingerprint density at radius 2 is 2.25 bits per heavy atom. The maximum absolute atomic E-state index is 5.62. The van der Waals surface area contributed by atoms with Crippen molar-refractivity contribution in [2.75, 3.05) is 31.1 Å². The van der Waals surface area contributed by atoms with Gasteiger partial charge in [0.25, 0.3) is 0 Å². The van der Waals surface area contributed by atoms with E-state index in [0.29, 0.717) is 12.0 Å². The van der Waals surface area contributed by atoms with Gasteiger partial charge < -0.3 is 15.0 Å². The smallest absolute Gasteiger partial charge is 0.244 e. The second-order valence-corrected chi connectivity index (χ2v) is 6.36. The largest absolute Gasteiger partial charge is 0.378 e. The number of piperidine rings is 1. The summed E-state index contributed by atoms with van der Waals surface area (Å²) in [4.78, 5) is 7.06. The third kappa shape index (κ3) is 2.11. The van der Waals surface area contributed by atoms with Gasteiger partial charge in [0, 0.05) is 31.7 Å². The third-order valence-electron chi connectivity index (χ3n) is 5.10. The molecule has 110 valence electrons. The van der Waals surface area contributed by atoms with Crippen LogP contribution < -0.4 is 10.2 Å². The van der Waals surface area contributed by atoms with Gasteiger partial charge in [-0.25, -0.2) is 0 Å². The number of ether oxygens (including phenoxy) is 1. The summed E-state index contributed by atoms with van der Waals surface area (Å²) >= 11 is 0. The minimum absolute atomic E-state index is 0.249. The normalized spacial score (nSPS) is 37.4. The van der Waals surface area contributed by atoms with E-state index < -0.39 is 0 Å². The van der Waals surface area contributed by atoms with Gasteiger partial charge >= 0.3 is 0 Å². The highest BCUT2D eigenvalue weighted by Crippen LogP contribution is 2.31. The van der Waals surface area contributed by atoms with Crippen LogP contribution in [-0.4, -0.2) is 53.6 Å². The molecule has 0 saturated carbocycles. The summed E-state index contributed by atoms with van der Waals surface area (Å²) in [5.41, 5.74) is 0. The van der Waals surface area contributed by atoms with Gasteiger partial charge in [-0.05, 0) is 38.6 Å². The maximum atomic E-state index is 5.62. The Morgan fingerprint density at radius 3 is 3.05 bits per heavy atom. The zero-order chi connectivity index (χ0) is 13.5. The van der Waals surface area contributed by atoms with Crippen molar-refractivity contribution < 1.29 is 4.74 Å². The number of fused-ring (bicyclic) bond motifs is 1. The summed E-state index contributed by atoms with van der Waals surface area (Å²) in [6.07, 6.45) is 3.92. The SMILES string of the molecule is CC1OCCC1c1nc(N2CC3CCCNC3C2)n[nH]1. The van der Waals surface area contributed by atoms with E-state index in [2.05, 4.69) is 27.3 Å². The molecule has 0 bridgehead atoms. The van der Waals surface area contributed by atoms with Gasteiger partial charge in [0.2, 0.25) is 5.95 Å². The molecule has 0 radical (unpaired) electrons. The van der Waals surface area contributed by atoms with Gasteiger partial charge in [-0.1, -0.05) is 0 Å². The second kappa shape index (κ2) is 5.00. The summed E-state index contributed by atoms with van der Waals surface area (Å²) < 4.78 is 5.62. The van der Waals surface area contributed by atoms with E-state index in [-0.39, 0.29) is 6.10 Å². The molecular weight excluding hydrogens is 254 g/mol. The first kappa shape index (κ1) is 12.6. The fraction of sp³-hybridized carbons (Fsp3) is 0.857. The minimum atomic E-state index is 0.249. The lowest BCUT2D eigenvalue weighted by atomic mass is 9.94. The van der Waals surface area contributed by atoms with Crippen LogP contribution >= 0.6 is 0 Å². The van der Waals surface area contributed by atoms with E-state index in [1.54, 1.807) is 0 Å². The van der Waals surface area contributed by atoms with Crippen molar-refractivity contribution in [3.8, 4) is 0 Å².